The summed E-state index contributed by atoms with van der Waals surface area (Å²) in [4.78, 5) is 43.5. The van der Waals surface area contributed by atoms with Gasteiger partial charge in [0.15, 0.2) is 0 Å². The fourth-order valence-corrected chi connectivity index (χ4v) is 5.72. The van der Waals surface area contributed by atoms with E-state index >= 15 is 0 Å². The molecule has 8 heteroatoms. The summed E-state index contributed by atoms with van der Waals surface area (Å²) < 4.78 is 0. The average Bonchev–Trinajstić information content (AvgIpc) is 3.44. The van der Waals surface area contributed by atoms with Crippen LogP contribution in [0, 0.1) is 12.3 Å². The van der Waals surface area contributed by atoms with E-state index < -0.39 is 11.3 Å². The van der Waals surface area contributed by atoms with E-state index in [0.29, 0.717) is 33.9 Å². The summed E-state index contributed by atoms with van der Waals surface area (Å²) in [7, 11) is 0. The van der Waals surface area contributed by atoms with Crippen molar-refractivity contribution in [2.75, 3.05) is 10.2 Å². The summed E-state index contributed by atoms with van der Waals surface area (Å²) in [6.45, 7) is 8.00. The molecule has 3 amide bonds. The molecule has 0 fully saturated rings. The van der Waals surface area contributed by atoms with Crippen LogP contribution in [0.4, 0.5) is 11.4 Å². The molecule has 6 rings (SSSR count). The number of aromatic nitrogens is 1. The van der Waals surface area contributed by atoms with Crippen molar-refractivity contribution in [3.63, 3.8) is 0 Å². The molecule has 0 spiro atoms. The van der Waals surface area contributed by atoms with Crippen LogP contribution in [-0.2, 0) is 11.3 Å². The molecular formula is C33H29ClN4O3. The minimum Gasteiger partial charge on any atom is -0.366 e. The number of nitrogens with one attached hydrogen (secondary N) is 2. The first kappa shape index (κ1) is 26.6. The second-order valence-electron chi connectivity index (χ2n) is 11.5. The maximum absolute atomic E-state index is 13.3. The summed E-state index contributed by atoms with van der Waals surface area (Å²) in [6.07, 6.45) is 0. The van der Waals surface area contributed by atoms with Crippen molar-refractivity contribution in [3.8, 4) is 11.1 Å². The van der Waals surface area contributed by atoms with E-state index in [0.717, 1.165) is 44.2 Å². The highest BCUT2D eigenvalue weighted by Crippen LogP contribution is 2.41. The standard InChI is InChI=1S/C33H29ClN4O3/c1-17-21(6-5-7-27(17)38-16-18-14-19(34)8-10-22(18)31(38)40)23-12-13-25(30(35)39)29-28(23)24-11-9-20(15-26(24)37-29)36-32(41)33(2,3)4/h5-15,37H,16H2,1-4H3,(H2,35,39)(H,36,41). The molecule has 0 saturated heterocycles. The number of fused-ring (bicyclic) bond motifs is 4. The predicted molar refractivity (Wildman–Crippen MR) is 165 cm³/mol. The number of hydrogen-bond donors (Lipinski definition) is 3. The summed E-state index contributed by atoms with van der Waals surface area (Å²) in [5.74, 6) is -0.707. The third-order valence-electron chi connectivity index (χ3n) is 7.72. The lowest BCUT2D eigenvalue weighted by Crippen LogP contribution is -2.27. The first-order valence-corrected chi connectivity index (χ1v) is 13.7. The van der Waals surface area contributed by atoms with Crippen LogP contribution in [0.25, 0.3) is 32.9 Å². The van der Waals surface area contributed by atoms with E-state index in [2.05, 4.69) is 10.3 Å². The van der Waals surface area contributed by atoms with Gasteiger partial charge >= 0.3 is 0 Å². The number of carbonyl (C=O) groups is 3. The Morgan fingerprint density at radius 2 is 1.73 bits per heavy atom. The van der Waals surface area contributed by atoms with Crippen molar-refractivity contribution in [3.05, 3.63) is 94.0 Å². The molecule has 1 aromatic heterocycles. The minimum absolute atomic E-state index is 0.0666. The van der Waals surface area contributed by atoms with Crippen molar-refractivity contribution in [1.82, 2.24) is 4.98 Å². The van der Waals surface area contributed by atoms with Crippen molar-refractivity contribution in [2.45, 2.75) is 34.2 Å². The second-order valence-corrected chi connectivity index (χ2v) is 11.9. The lowest BCUT2D eigenvalue weighted by molar-refractivity contribution is -0.123. The number of anilines is 2. The van der Waals surface area contributed by atoms with Gasteiger partial charge in [0, 0.05) is 43.7 Å². The zero-order valence-corrected chi connectivity index (χ0v) is 23.9. The number of aromatic amines is 1. The molecule has 41 heavy (non-hydrogen) atoms. The van der Waals surface area contributed by atoms with Crippen LogP contribution < -0.4 is 16.0 Å². The van der Waals surface area contributed by atoms with Gasteiger partial charge in [-0.25, -0.2) is 0 Å². The van der Waals surface area contributed by atoms with Crippen LogP contribution in [0.1, 0.15) is 52.6 Å². The Balaban J connectivity index is 1.50. The highest BCUT2D eigenvalue weighted by molar-refractivity contribution is 6.31. The molecule has 0 saturated carbocycles. The van der Waals surface area contributed by atoms with Gasteiger partial charge in [-0.2, -0.15) is 0 Å². The number of amides is 3. The second kappa shape index (κ2) is 9.49. The molecule has 0 atom stereocenters. The molecular weight excluding hydrogens is 536 g/mol. The lowest BCUT2D eigenvalue weighted by Gasteiger charge is -2.21. The van der Waals surface area contributed by atoms with Crippen LogP contribution in [0.5, 0.6) is 0 Å². The lowest BCUT2D eigenvalue weighted by atomic mass is 9.93. The predicted octanol–water partition coefficient (Wildman–Crippen LogP) is 7.19. The third kappa shape index (κ3) is 4.43. The first-order valence-electron chi connectivity index (χ1n) is 13.3. The Labute approximate surface area is 242 Å². The van der Waals surface area contributed by atoms with Crippen LogP contribution in [0.3, 0.4) is 0 Å². The molecule has 5 aromatic rings. The van der Waals surface area contributed by atoms with E-state index in [1.54, 1.807) is 23.1 Å². The molecule has 206 valence electrons. The monoisotopic (exact) mass is 564 g/mol. The number of H-pyrrole nitrogens is 1. The smallest absolute Gasteiger partial charge is 0.258 e. The summed E-state index contributed by atoms with van der Waals surface area (Å²) in [5, 5.41) is 5.29. The molecule has 0 aliphatic carbocycles. The van der Waals surface area contributed by atoms with Gasteiger partial charge in [-0.1, -0.05) is 56.6 Å². The minimum atomic E-state index is -0.547. The van der Waals surface area contributed by atoms with Crippen LogP contribution in [-0.4, -0.2) is 22.7 Å². The summed E-state index contributed by atoms with van der Waals surface area (Å²) in [6, 6.07) is 20.5. The highest BCUT2D eigenvalue weighted by Gasteiger charge is 2.30. The topological polar surface area (TPSA) is 108 Å². The van der Waals surface area contributed by atoms with Crippen molar-refractivity contribution in [1.29, 1.82) is 0 Å². The molecule has 0 bridgehead atoms. The number of benzene rings is 4. The molecule has 4 aromatic carbocycles. The molecule has 4 N–H and O–H groups in total. The van der Waals surface area contributed by atoms with Crippen LogP contribution in [0.15, 0.2) is 66.7 Å². The highest BCUT2D eigenvalue weighted by atomic mass is 35.5. The summed E-state index contributed by atoms with van der Waals surface area (Å²) in [5.41, 5.74) is 12.7. The number of primary amides is 1. The number of nitrogens with zero attached hydrogens (tertiary/aromatic N) is 1. The average molecular weight is 565 g/mol. The number of carbonyl (C=O) groups excluding carboxylic acids is 3. The van der Waals surface area contributed by atoms with E-state index in [1.807, 2.05) is 76.2 Å². The zero-order chi connectivity index (χ0) is 29.2. The Morgan fingerprint density at radius 1 is 0.976 bits per heavy atom. The maximum atomic E-state index is 13.3. The van der Waals surface area contributed by atoms with Gasteiger partial charge in [-0.05, 0) is 71.6 Å². The fourth-order valence-electron chi connectivity index (χ4n) is 5.53. The van der Waals surface area contributed by atoms with Crippen molar-refractivity contribution in [2.24, 2.45) is 11.1 Å². The molecule has 7 nitrogen and oxygen atoms in total. The number of halogens is 1. The van der Waals surface area contributed by atoms with Crippen molar-refractivity contribution >= 4 is 62.5 Å². The SMILES string of the molecule is Cc1c(-c2ccc(C(N)=O)c3[nH]c4cc(NC(=O)C(C)(C)C)ccc4c23)cccc1N1Cc2cc(Cl)ccc2C1=O. The summed E-state index contributed by atoms with van der Waals surface area (Å²) >= 11 is 6.20. The van der Waals surface area contributed by atoms with Crippen LogP contribution in [0.2, 0.25) is 5.02 Å². The van der Waals surface area contributed by atoms with E-state index in [-0.39, 0.29) is 11.8 Å². The van der Waals surface area contributed by atoms with E-state index in [1.165, 1.54) is 0 Å². The van der Waals surface area contributed by atoms with Gasteiger partial charge < -0.3 is 20.9 Å². The number of nitrogens with two attached hydrogens (primary N) is 1. The van der Waals surface area contributed by atoms with Gasteiger partial charge in [-0.3, -0.25) is 14.4 Å². The normalized spacial score (nSPS) is 13.2. The number of rotatable bonds is 4. The Bertz CT molecular complexity index is 1930. The van der Waals surface area contributed by atoms with E-state index in [9.17, 15) is 14.4 Å². The largest absolute Gasteiger partial charge is 0.366 e. The zero-order valence-electron chi connectivity index (χ0n) is 23.2. The van der Waals surface area contributed by atoms with Gasteiger partial charge in [0.05, 0.1) is 17.6 Å². The maximum Gasteiger partial charge on any atom is 0.258 e. The third-order valence-corrected chi connectivity index (χ3v) is 7.95. The van der Waals surface area contributed by atoms with Gasteiger partial charge in [0.2, 0.25) is 5.91 Å². The van der Waals surface area contributed by atoms with Crippen LogP contribution >= 0.6 is 11.6 Å². The molecule has 1 aliphatic rings. The Morgan fingerprint density at radius 3 is 2.46 bits per heavy atom. The molecule has 0 unspecified atom stereocenters. The van der Waals surface area contributed by atoms with Gasteiger partial charge in [0.1, 0.15) is 0 Å². The van der Waals surface area contributed by atoms with E-state index in [4.69, 9.17) is 17.3 Å². The molecule has 0 radical (unpaired) electrons. The molecule has 2 heterocycles. The quantitative estimate of drug-likeness (QED) is 0.215. The first-order chi connectivity index (χ1) is 19.4. The van der Waals surface area contributed by atoms with Crippen molar-refractivity contribution < 1.29 is 14.4 Å². The Hall–Kier alpha value is -4.62. The Kier molecular flexibility index (Phi) is 6.16. The number of hydrogen-bond acceptors (Lipinski definition) is 3. The molecule has 1 aliphatic heterocycles. The fraction of sp³-hybridized carbons (Fsp3) is 0.182. The van der Waals surface area contributed by atoms with Gasteiger partial charge in [0.25, 0.3) is 11.8 Å². The van der Waals surface area contributed by atoms with Gasteiger partial charge in [-0.15, -0.1) is 0 Å².